The van der Waals surface area contributed by atoms with Crippen molar-refractivity contribution in [3.8, 4) is 0 Å². The van der Waals surface area contributed by atoms with Crippen LogP contribution in [0.5, 0.6) is 0 Å². The molecule has 0 radical (unpaired) electrons. The summed E-state index contributed by atoms with van der Waals surface area (Å²) in [6.45, 7) is 1.47. The zero-order valence-electron chi connectivity index (χ0n) is 11.3. The fourth-order valence-corrected chi connectivity index (χ4v) is 2.91. The average Bonchev–Trinajstić information content (AvgIpc) is 2.77. The molecule has 1 unspecified atom stereocenters. The van der Waals surface area contributed by atoms with Gasteiger partial charge in [0.05, 0.1) is 23.2 Å². The fraction of sp³-hybridized carbons (Fsp3) is 0.333. The first kappa shape index (κ1) is 15.1. The van der Waals surface area contributed by atoms with Gasteiger partial charge in [-0.15, -0.1) is 11.3 Å². The van der Waals surface area contributed by atoms with Crippen molar-refractivity contribution in [3.63, 3.8) is 0 Å². The number of hydrogen-bond donors (Lipinski definition) is 3. The summed E-state index contributed by atoms with van der Waals surface area (Å²) < 4.78 is 4.75. The summed E-state index contributed by atoms with van der Waals surface area (Å²) in [7, 11) is 1.34. The minimum atomic E-state index is -1.19. The molecular weight excluding hydrogens is 298 g/mol. The second-order valence-corrected chi connectivity index (χ2v) is 5.29. The van der Waals surface area contributed by atoms with Crippen LogP contribution in [0, 0.1) is 6.92 Å². The van der Waals surface area contributed by atoms with Crippen molar-refractivity contribution in [2.24, 2.45) is 0 Å². The highest BCUT2D eigenvalue weighted by molar-refractivity contribution is 7.20. The number of aromatic amines is 1. The standard InChI is InChI=1S/C12H13N3O5S/c1-5-7-9(16)13-4-14-11(7)21-8(5)10(17)15-6(3-20-2)12(18)19/h4,6H,3H2,1-2H3,(H,15,17)(H,18,19)(H,13,14,16). The Labute approximate surface area is 122 Å². The van der Waals surface area contributed by atoms with Crippen molar-refractivity contribution in [2.75, 3.05) is 13.7 Å². The monoisotopic (exact) mass is 311 g/mol. The van der Waals surface area contributed by atoms with Crippen LogP contribution in [-0.2, 0) is 9.53 Å². The molecule has 21 heavy (non-hydrogen) atoms. The van der Waals surface area contributed by atoms with Gasteiger partial charge in [0.2, 0.25) is 0 Å². The number of hydrogen-bond acceptors (Lipinski definition) is 6. The molecule has 2 heterocycles. The fourth-order valence-electron chi connectivity index (χ4n) is 1.86. The molecular formula is C12H13N3O5S. The molecule has 2 rings (SSSR count). The van der Waals surface area contributed by atoms with Crippen molar-refractivity contribution in [1.82, 2.24) is 15.3 Å². The van der Waals surface area contributed by atoms with Gasteiger partial charge in [-0.05, 0) is 12.5 Å². The lowest BCUT2D eigenvalue weighted by molar-refractivity contribution is -0.140. The zero-order valence-corrected chi connectivity index (χ0v) is 12.1. The molecule has 0 saturated carbocycles. The van der Waals surface area contributed by atoms with E-state index in [0.29, 0.717) is 15.8 Å². The molecule has 8 nitrogen and oxygen atoms in total. The van der Waals surface area contributed by atoms with Gasteiger partial charge in [-0.25, -0.2) is 9.78 Å². The number of H-pyrrole nitrogens is 1. The Kier molecular flexibility index (Phi) is 4.34. The number of carbonyl (C=O) groups excluding carboxylic acids is 1. The predicted octanol–water partition coefficient (Wildman–Crippen LogP) is 0.122. The smallest absolute Gasteiger partial charge is 0.328 e. The van der Waals surface area contributed by atoms with Gasteiger partial charge >= 0.3 is 5.97 Å². The van der Waals surface area contributed by atoms with E-state index in [2.05, 4.69) is 15.3 Å². The number of ether oxygens (including phenoxy) is 1. The third kappa shape index (κ3) is 2.93. The van der Waals surface area contributed by atoms with Crippen LogP contribution in [0.1, 0.15) is 15.2 Å². The van der Waals surface area contributed by atoms with Crippen LogP contribution in [-0.4, -0.2) is 46.7 Å². The Morgan fingerprint density at radius 1 is 1.57 bits per heavy atom. The van der Waals surface area contributed by atoms with Crippen molar-refractivity contribution >= 4 is 33.4 Å². The highest BCUT2D eigenvalue weighted by Gasteiger charge is 2.24. The molecule has 0 aromatic carbocycles. The van der Waals surface area contributed by atoms with E-state index in [1.54, 1.807) is 6.92 Å². The first-order valence-corrected chi connectivity index (χ1v) is 6.76. The Morgan fingerprint density at radius 3 is 2.86 bits per heavy atom. The number of methoxy groups -OCH3 is 1. The number of aromatic nitrogens is 2. The van der Waals surface area contributed by atoms with Crippen molar-refractivity contribution in [3.05, 3.63) is 27.1 Å². The lowest BCUT2D eigenvalue weighted by atomic mass is 10.2. The van der Waals surface area contributed by atoms with E-state index in [-0.39, 0.29) is 17.0 Å². The normalized spacial score (nSPS) is 12.3. The Hall–Kier alpha value is -2.26. The minimum Gasteiger partial charge on any atom is -0.480 e. The Balaban J connectivity index is 2.36. The van der Waals surface area contributed by atoms with Crippen molar-refractivity contribution in [2.45, 2.75) is 13.0 Å². The lowest BCUT2D eigenvalue weighted by Crippen LogP contribution is -2.43. The third-order valence-electron chi connectivity index (χ3n) is 2.88. The molecule has 2 aromatic heterocycles. The number of aryl methyl sites for hydroxylation is 1. The van der Waals surface area contributed by atoms with E-state index >= 15 is 0 Å². The van der Waals surface area contributed by atoms with Crippen LogP contribution in [0.3, 0.4) is 0 Å². The highest BCUT2D eigenvalue weighted by atomic mass is 32.1. The Bertz CT molecular complexity index is 751. The van der Waals surface area contributed by atoms with Crippen LogP contribution in [0.2, 0.25) is 0 Å². The largest absolute Gasteiger partial charge is 0.480 e. The number of carbonyl (C=O) groups is 2. The van der Waals surface area contributed by atoms with Gasteiger partial charge in [-0.1, -0.05) is 0 Å². The number of fused-ring (bicyclic) bond motifs is 1. The predicted molar refractivity (Wildman–Crippen MR) is 75.7 cm³/mol. The number of thiophene rings is 1. The molecule has 0 fully saturated rings. The summed E-state index contributed by atoms with van der Waals surface area (Å²) in [5, 5.41) is 11.7. The highest BCUT2D eigenvalue weighted by Crippen LogP contribution is 2.26. The molecule has 3 N–H and O–H groups in total. The molecule has 112 valence electrons. The number of aliphatic carboxylic acids is 1. The molecule has 9 heteroatoms. The van der Waals surface area contributed by atoms with Gasteiger partial charge in [0.15, 0.2) is 6.04 Å². The summed E-state index contributed by atoms with van der Waals surface area (Å²) in [5.41, 5.74) is 0.142. The van der Waals surface area contributed by atoms with Crippen LogP contribution < -0.4 is 10.9 Å². The number of nitrogens with zero attached hydrogens (tertiary/aromatic N) is 1. The quantitative estimate of drug-likeness (QED) is 0.721. The lowest BCUT2D eigenvalue weighted by Gasteiger charge is -2.12. The number of rotatable bonds is 5. The van der Waals surface area contributed by atoms with E-state index in [0.717, 1.165) is 11.3 Å². The van der Waals surface area contributed by atoms with Gasteiger partial charge < -0.3 is 20.1 Å². The second kappa shape index (κ2) is 6.02. The minimum absolute atomic E-state index is 0.149. The van der Waals surface area contributed by atoms with E-state index in [9.17, 15) is 14.4 Å². The molecule has 1 amide bonds. The zero-order chi connectivity index (χ0) is 15.6. The SMILES string of the molecule is COCC(NC(=O)c1sc2nc[nH]c(=O)c2c1C)C(=O)O. The van der Waals surface area contributed by atoms with Crippen LogP contribution in [0.4, 0.5) is 0 Å². The van der Waals surface area contributed by atoms with Crippen LogP contribution in [0.25, 0.3) is 10.2 Å². The van der Waals surface area contributed by atoms with Crippen molar-refractivity contribution < 1.29 is 19.4 Å². The van der Waals surface area contributed by atoms with E-state index in [4.69, 9.17) is 9.84 Å². The molecule has 0 bridgehead atoms. The summed E-state index contributed by atoms with van der Waals surface area (Å²) in [5.74, 6) is -1.76. The van der Waals surface area contributed by atoms with E-state index < -0.39 is 17.9 Å². The van der Waals surface area contributed by atoms with Gasteiger partial charge in [0.1, 0.15) is 4.83 Å². The van der Waals surface area contributed by atoms with E-state index in [1.807, 2.05) is 0 Å². The van der Waals surface area contributed by atoms with E-state index in [1.165, 1.54) is 13.4 Å². The summed E-state index contributed by atoms with van der Waals surface area (Å²) in [6.07, 6.45) is 1.26. The average molecular weight is 311 g/mol. The summed E-state index contributed by atoms with van der Waals surface area (Å²) in [6, 6.07) is -1.15. The molecule has 0 saturated heterocycles. The molecule has 0 spiro atoms. The maximum Gasteiger partial charge on any atom is 0.328 e. The maximum absolute atomic E-state index is 12.2. The summed E-state index contributed by atoms with van der Waals surface area (Å²) >= 11 is 1.04. The summed E-state index contributed by atoms with van der Waals surface area (Å²) in [4.78, 5) is 42.0. The number of carboxylic acid groups (broad SMARTS) is 1. The number of carboxylic acids is 1. The van der Waals surface area contributed by atoms with Crippen LogP contribution >= 0.6 is 11.3 Å². The first-order valence-electron chi connectivity index (χ1n) is 5.95. The number of amides is 1. The topological polar surface area (TPSA) is 121 Å². The van der Waals surface area contributed by atoms with Gasteiger partial charge in [0.25, 0.3) is 11.5 Å². The van der Waals surface area contributed by atoms with Gasteiger partial charge in [-0.2, -0.15) is 0 Å². The molecule has 0 aliphatic carbocycles. The third-order valence-corrected chi connectivity index (χ3v) is 4.07. The maximum atomic E-state index is 12.2. The second-order valence-electron chi connectivity index (χ2n) is 4.29. The molecule has 0 aliphatic heterocycles. The molecule has 1 atom stereocenters. The first-order chi connectivity index (χ1) is 9.95. The van der Waals surface area contributed by atoms with Gasteiger partial charge in [0, 0.05) is 7.11 Å². The molecule has 0 aliphatic rings. The number of nitrogens with one attached hydrogen (secondary N) is 2. The molecule has 2 aromatic rings. The van der Waals surface area contributed by atoms with Gasteiger partial charge in [-0.3, -0.25) is 9.59 Å². The Morgan fingerprint density at radius 2 is 2.29 bits per heavy atom. The van der Waals surface area contributed by atoms with Crippen molar-refractivity contribution in [1.29, 1.82) is 0 Å². The van der Waals surface area contributed by atoms with Crippen LogP contribution in [0.15, 0.2) is 11.1 Å².